The van der Waals surface area contributed by atoms with Gasteiger partial charge in [-0.15, -0.1) is 0 Å². The third-order valence-electron chi connectivity index (χ3n) is 5.97. The van der Waals surface area contributed by atoms with Gasteiger partial charge in [-0.3, -0.25) is 0 Å². The molecule has 0 amide bonds. The number of carbonyl (C=O) groups excluding carboxylic acids is 1. The number of carbonyl (C=O) groups is 1. The Hall–Kier alpha value is -3.60. The van der Waals surface area contributed by atoms with Crippen LogP contribution >= 0.6 is 0 Å². The molecule has 0 spiro atoms. The molecule has 0 saturated heterocycles. The van der Waals surface area contributed by atoms with Crippen LogP contribution in [0.4, 0.5) is 0 Å². The van der Waals surface area contributed by atoms with Crippen molar-refractivity contribution in [1.29, 1.82) is 0 Å². The molecule has 0 N–H and O–H groups in total. The van der Waals surface area contributed by atoms with Gasteiger partial charge in [-0.25, -0.2) is 4.79 Å². The number of nitrogens with zero attached hydrogens (tertiary/aromatic N) is 1. The lowest BCUT2D eigenvalue weighted by atomic mass is 9.87. The number of fused-ring (bicyclic) bond motifs is 1. The summed E-state index contributed by atoms with van der Waals surface area (Å²) in [5.41, 5.74) is 5.72. The molecule has 4 rings (SSSR count). The molecule has 164 valence electrons. The summed E-state index contributed by atoms with van der Waals surface area (Å²) in [6, 6.07) is 24.5. The van der Waals surface area contributed by atoms with Crippen LogP contribution in [0.2, 0.25) is 0 Å². The van der Waals surface area contributed by atoms with Crippen LogP contribution in [-0.2, 0) is 27.4 Å². The second kappa shape index (κ2) is 9.69. The van der Waals surface area contributed by atoms with E-state index in [0.29, 0.717) is 17.4 Å². The molecule has 0 radical (unpaired) electrons. The van der Waals surface area contributed by atoms with Crippen LogP contribution in [0.3, 0.4) is 0 Å². The summed E-state index contributed by atoms with van der Waals surface area (Å²) < 4.78 is 10.9. The minimum absolute atomic E-state index is 0.110. The van der Waals surface area contributed by atoms with Gasteiger partial charge in [0, 0.05) is 11.5 Å². The summed E-state index contributed by atoms with van der Waals surface area (Å²) in [5.74, 6) is 1.19. The molecule has 2 atom stereocenters. The predicted octanol–water partition coefficient (Wildman–Crippen LogP) is 5.11. The highest BCUT2D eigenvalue weighted by atomic mass is 16.6. The monoisotopic (exact) mass is 429 g/mol. The van der Waals surface area contributed by atoms with E-state index in [9.17, 15) is 4.79 Å². The van der Waals surface area contributed by atoms with E-state index in [-0.39, 0.29) is 12.3 Å². The Bertz CT molecular complexity index is 1120. The molecule has 0 bridgehead atoms. The lowest BCUT2D eigenvalue weighted by Crippen LogP contribution is -2.19. The molecule has 1 aliphatic rings. The second-order valence-corrected chi connectivity index (χ2v) is 7.99. The van der Waals surface area contributed by atoms with Gasteiger partial charge in [0.15, 0.2) is 5.71 Å². The molecule has 0 aromatic heterocycles. The summed E-state index contributed by atoms with van der Waals surface area (Å²) >= 11 is 0. The summed E-state index contributed by atoms with van der Waals surface area (Å²) in [4.78, 5) is 17.0. The minimum atomic E-state index is -0.561. The normalized spacial score (nSPS) is 17.5. The van der Waals surface area contributed by atoms with Crippen LogP contribution in [0.25, 0.3) is 0 Å². The van der Waals surface area contributed by atoms with Gasteiger partial charge < -0.3 is 14.3 Å². The maximum absolute atomic E-state index is 12.1. The largest absolute Gasteiger partial charge is 0.489 e. The van der Waals surface area contributed by atoms with Gasteiger partial charge in [0.05, 0.1) is 7.11 Å². The average Bonchev–Trinajstić information content (AvgIpc) is 3.17. The summed E-state index contributed by atoms with van der Waals surface area (Å²) in [7, 11) is 2.71. The highest BCUT2D eigenvalue weighted by Gasteiger charge is 2.30. The number of ether oxygens (including phenoxy) is 2. The third-order valence-corrected chi connectivity index (χ3v) is 5.97. The number of rotatable bonds is 7. The van der Waals surface area contributed by atoms with E-state index in [0.717, 1.165) is 17.7 Å². The summed E-state index contributed by atoms with van der Waals surface area (Å²) in [6.45, 7) is 2.60. The topological polar surface area (TPSA) is 57.1 Å². The SMILES string of the molecule is CO/N=C(/C(=O)OC)c1ccccc1COc1ccc(C2c3ccccc3CC2C)cc1. The van der Waals surface area contributed by atoms with E-state index in [2.05, 4.69) is 48.5 Å². The Labute approximate surface area is 188 Å². The van der Waals surface area contributed by atoms with E-state index in [4.69, 9.17) is 14.3 Å². The van der Waals surface area contributed by atoms with Crippen molar-refractivity contribution in [2.24, 2.45) is 11.1 Å². The third kappa shape index (κ3) is 4.37. The number of oxime groups is 1. The molecular weight excluding hydrogens is 402 g/mol. The lowest BCUT2D eigenvalue weighted by molar-refractivity contribution is -0.132. The second-order valence-electron chi connectivity index (χ2n) is 7.99. The van der Waals surface area contributed by atoms with Crippen molar-refractivity contribution in [2.45, 2.75) is 25.9 Å². The first kappa shape index (κ1) is 21.6. The summed E-state index contributed by atoms with van der Waals surface area (Å²) in [5, 5.41) is 3.85. The molecule has 3 aromatic carbocycles. The van der Waals surface area contributed by atoms with Gasteiger partial charge in [0.25, 0.3) is 0 Å². The van der Waals surface area contributed by atoms with E-state index >= 15 is 0 Å². The van der Waals surface area contributed by atoms with Gasteiger partial charge in [-0.1, -0.05) is 72.7 Å². The maximum atomic E-state index is 12.1. The van der Waals surface area contributed by atoms with E-state index < -0.39 is 5.97 Å². The molecule has 0 aliphatic heterocycles. The van der Waals surface area contributed by atoms with Crippen LogP contribution in [0.1, 0.15) is 40.7 Å². The quantitative estimate of drug-likeness (QED) is 0.297. The standard InChI is InChI=1S/C27H27NO4/c1-18-16-20-8-4-6-10-23(20)25(18)19-12-14-22(15-13-19)32-17-21-9-5-7-11-24(21)26(28-31-3)27(29)30-2/h4-15,18,25H,16-17H2,1-3H3/b28-26+. The summed E-state index contributed by atoms with van der Waals surface area (Å²) in [6.07, 6.45) is 1.11. The van der Waals surface area contributed by atoms with E-state index in [1.165, 1.54) is 30.9 Å². The van der Waals surface area contributed by atoms with Crippen molar-refractivity contribution in [2.75, 3.05) is 14.2 Å². The zero-order chi connectivity index (χ0) is 22.5. The van der Waals surface area contributed by atoms with Gasteiger partial charge in [-0.2, -0.15) is 0 Å². The van der Waals surface area contributed by atoms with Crippen molar-refractivity contribution in [3.63, 3.8) is 0 Å². The van der Waals surface area contributed by atoms with Gasteiger partial charge in [0.1, 0.15) is 19.5 Å². The molecule has 0 saturated carbocycles. The van der Waals surface area contributed by atoms with Crippen LogP contribution in [-0.4, -0.2) is 25.9 Å². The molecule has 2 unspecified atom stereocenters. The first-order valence-electron chi connectivity index (χ1n) is 10.7. The van der Waals surface area contributed by atoms with Crippen molar-refractivity contribution >= 4 is 11.7 Å². The fraction of sp³-hybridized carbons (Fsp3) is 0.259. The molecule has 0 fully saturated rings. The number of hydrogen-bond acceptors (Lipinski definition) is 5. The predicted molar refractivity (Wildman–Crippen MR) is 124 cm³/mol. The number of esters is 1. The van der Waals surface area contributed by atoms with Crippen molar-refractivity contribution in [3.05, 3.63) is 101 Å². The zero-order valence-electron chi connectivity index (χ0n) is 18.6. The van der Waals surface area contributed by atoms with Gasteiger partial charge in [-0.05, 0) is 46.7 Å². The Morgan fingerprint density at radius 1 is 0.969 bits per heavy atom. The van der Waals surface area contributed by atoms with E-state index in [1.807, 2.05) is 30.3 Å². The number of benzene rings is 3. The first-order chi connectivity index (χ1) is 15.6. The van der Waals surface area contributed by atoms with Crippen LogP contribution in [0, 0.1) is 5.92 Å². The van der Waals surface area contributed by atoms with Crippen LogP contribution in [0.15, 0.2) is 78.0 Å². The molecule has 5 nitrogen and oxygen atoms in total. The fourth-order valence-electron chi connectivity index (χ4n) is 4.50. The highest BCUT2D eigenvalue weighted by molar-refractivity contribution is 6.43. The van der Waals surface area contributed by atoms with Crippen molar-refractivity contribution in [3.8, 4) is 5.75 Å². The lowest BCUT2D eigenvalue weighted by Gasteiger charge is -2.18. The zero-order valence-corrected chi connectivity index (χ0v) is 18.6. The fourth-order valence-corrected chi connectivity index (χ4v) is 4.50. The van der Waals surface area contributed by atoms with Crippen molar-refractivity contribution < 1.29 is 19.1 Å². The Kier molecular flexibility index (Phi) is 6.55. The van der Waals surface area contributed by atoms with Gasteiger partial charge >= 0.3 is 5.97 Å². The first-order valence-corrected chi connectivity index (χ1v) is 10.7. The Morgan fingerprint density at radius 3 is 2.44 bits per heavy atom. The smallest absolute Gasteiger partial charge is 0.360 e. The number of methoxy groups -OCH3 is 1. The average molecular weight is 430 g/mol. The van der Waals surface area contributed by atoms with Crippen LogP contribution < -0.4 is 4.74 Å². The Morgan fingerprint density at radius 2 is 1.69 bits per heavy atom. The van der Waals surface area contributed by atoms with Gasteiger partial charge in [0.2, 0.25) is 0 Å². The molecular formula is C27H27NO4. The molecule has 0 heterocycles. The van der Waals surface area contributed by atoms with E-state index in [1.54, 1.807) is 6.07 Å². The Balaban J connectivity index is 1.51. The number of hydrogen-bond donors (Lipinski definition) is 0. The maximum Gasteiger partial charge on any atom is 0.360 e. The molecule has 32 heavy (non-hydrogen) atoms. The molecule has 5 heteroatoms. The molecule has 1 aliphatic carbocycles. The highest BCUT2D eigenvalue weighted by Crippen LogP contribution is 2.42. The van der Waals surface area contributed by atoms with Crippen LogP contribution in [0.5, 0.6) is 5.75 Å². The minimum Gasteiger partial charge on any atom is -0.489 e. The molecule has 3 aromatic rings. The van der Waals surface area contributed by atoms with Crippen molar-refractivity contribution in [1.82, 2.24) is 0 Å².